The lowest BCUT2D eigenvalue weighted by Crippen LogP contribution is -2.30. The van der Waals surface area contributed by atoms with Crippen LogP contribution >= 0.6 is 11.8 Å². The second-order valence-electron chi connectivity index (χ2n) is 7.52. The average molecular weight is 447 g/mol. The second-order valence-corrected chi connectivity index (χ2v) is 8.59. The Morgan fingerprint density at radius 3 is 2.44 bits per heavy atom. The minimum absolute atomic E-state index is 0.0190. The highest BCUT2D eigenvalue weighted by Crippen LogP contribution is 2.38. The van der Waals surface area contributed by atoms with Gasteiger partial charge in [-0.25, -0.2) is 0 Å². The highest BCUT2D eigenvalue weighted by molar-refractivity contribution is 8.00. The van der Waals surface area contributed by atoms with E-state index >= 15 is 0 Å². The predicted molar refractivity (Wildman–Crippen MR) is 129 cm³/mol. The molecule has 1 N–H and O–H groups in total. The summed E-state index contributed by atoms with van der Waals surface area (Å²) in [6.45, 7) is 3.22. The molecule has 32 heavy (non-hydrogen) atoms. The number of amides is 2. The zero-order chi connectivity index (χ0) is 22.3. The normalized spacial score (nSPS) is 15.6. The first kappa shape index (κ1) is 22.0. The predicted octanol–water partition coefficient (Wildman–Crippen LogP) is 5.15. The Bertz CT molecular complexity index is 1050. The van der Waals surface area contributed by atoms with Crippen LogP contribution in [0, 0.1) is 0 Å². The van der Waals surface area contributed by atoms with E-state index in [1.807, 2.05) is 78.6 Å². The maximum Gasteiger partial charge on any atom is 0.255 e. The number of benzene rings is 3. The van der Waals surface area contributed by atoms with Crippen molar-refractivity contribution in [2.24, 2.45) is 0 Å². The maximum atomic E-state index is 12.6. The van der Waals surface area contributed by atoms with Gasteiger partial charge in [-0.1, -0.05) is 42.5 Å². The van der Waals surface area contributed by atoms with E-state index in [9.17, 15) is 9.59 Å². The van der Waals surface area contributed by atoms with Crippen LogP contribution in [0.4, 0.5) is 5.69 Å². The summed E-state index contributed by atoms with van der Waals surface area (Å²) in [7, 11) is 0. The van der Waals surface area contributed by atoms with Crippen molar-refractivity contribution in [1.29, 1.82) is 0 Å². The number of anilines is 1. The van der Waals surface area contributed by atoms with Crippen molar-refractivity contribution >= 4 is 29.3 Å². The fourth-order valence-corrected chi connectivity index (χ4v) is 4.89. The molecule has 5 nitrogen and oxygen atoms in total. The van der Waals surface area contributed by atoms with E-state index in [1.54, 1.807) is 11.8 Å². The highest BCUT2D eigenvalue weighted by Gasteiger charge is 2.32. The molecule has 164 valence electrons. The van der Waals surface area contributed by atoms with Gasteiger partial charge in [0.2, 0.25) is 5.91 Å². The number of nitrogens with one attached hydrogen (secondary N) is 1. The fourth-order valence-electron chi connectivity index (χ4n) is 3.67. The molecule has 1 aliphatic rings. The van der Waals surface area contributed by atoms with Crippen molar-refractivity contribution < 1.29 is 14.3 Å². The summed E-state index contributed by atoms with van der Waals surface area (Å²) >= 11 is 1.63. The highest BCUT2D eigenvalue weighted by atomic mass is 32.2. The van der Waals surface area contributed by atoms with Crippen LogP contribution in [0.15, 0.2) is 78.9 Å². The Labute approximate surface area is 192 Å². The summed E-state index contributed by atoms with van der Waals surface area (Å²) in [4.78, 5) is 27.0. The van der Waals surface area contributed by atoms with Crippen molar-refractivity contribution in [3.63, 3.8) is 0 Å². The maximum absolute atomic E-state index is 12.6. The third kappa shape index (κ3) is 5.32. The van der Waals surface area contributed by atoms with Gasteiger partial charge in [-0.15, -0.1) is 11.8 Å². The van der Waals surface area contributed by atoms with Crippen LogP contribution in [0.25, 0.3) is 0 Å². The van der Waals surface area contributed by atoms with Gasteiger partial charge >= 0.3 is 0 Å². The van der Waals surface area contributed by atoms with Gasteiger partial charge in [0.05, 0.1) is 12.4 Å². The standard InChI is InChI=1S/C26H26N2O3S/c1-2-31-23-14-12-22(13-15-23)27-25(30)20-8-10-21(11-9-20)26-28(24(29)18-32-26)17-16-19-6-4-3-5-7-19/h3-15,26H,2,16-18H2,1H3,(H,27,30)/t26-/m1/s1. The minimum Gasteiger partial charge on any atom is -0.494 e. The first-order valence-corrected chi connectivity index (χ1v) is 11.8. The van der Waals surface area contributed by atoms with Gasteiger partial charge in [-0.3, -0.25) is 9.59 Å². The van der Waals surface area contributed by atoms with Crippen molar-refractivity contribution in [2.45, 2.75) is 18.7 Å². The van der Waals surface area contributed by atoms with Crippen LogP contribution in [0.5, 0.6) is 5.75 Å². The number of ether oxygens (including phenoxy) is 1. The monoisotopic (exact) mass is 446 g/mol. The zero-order valence-corrected chi connectivity index (χ0v) is 18.8. The molecule has 0 saturated carbocycles. The van der Waals surface area contributed by atoms with Crippen LogP contribution in [0.1, 0.15) is 33.8 Å². The first-order chi connectivity index (χ1) is 15.6. The number of carbonyl (C=O) groups is 2. The fraction of sp³-hybridized carbons (Fsp3) is 0.231. The summed E-state index contributed by atoms with van der Waals surface area (Å²) in [5.41, 5.74) is 3.54. The SMILES string of the molecule is CCOc1ccc(NC(=O)c2ccc([C@H]3SCC(=O)N3CCc3ccccc3)cc2)cc1. The van der Waals surface area contributed by atoms with Gasteiger partial charge in [0.25, 0.3) is 5.91 Å². The number of hydrogen-bond donors (Lipinski definition) is 1. The minimum atomic E-state index is -0.170. The number of hydrogen-bond acceptors (Lipinski definition) is 4. The molecule has 3 aromatic rings. The molecule has 0 bridgehead atoms. The van der Waals surface area contributed by atoms with Crippen molar-refractivity contribution in [1.82, 2.24) is 4.90 Å². The molecule has 0 spiro atoms. The first-order valence-electron chi connectivity index (χ1n) is 10.7. The van der Waals surface area contributed by atoms with Gasteiger partial charge in [-0.05, 0) is 60.9 Å². The van der Waals surface area contributed by atoms with E-state index in [-0.39, 0.29) is 17.2 Å². The molecule has 1 heterocycles. The van der Waals surface area contributed by atoms with E-state index in [1.165, 1.54) is 5.56 Å². The molecule has 0 unspecified atom stereocenters. The Kier molecular flexibility index (Phi) is 7.12. The molecule has 1 aliphatic heterocycles. The quantitative estimate of drug-likeness (QED) is 0.520. The third-order valence-electron chi connectivity index (χ3n) is 5.33. The topological polar surface area (TPSA) is 58.6 Å². The molecule has 2 amide bonds. The number of nitrogens with zero attached hydrogens (tertiary/aromatic N) is 1. The number of rotatable bonds is 8. The van der Waals surface area contributed by atoms with E-state index in [4.69, 9.17) is 4.74 Å². The summed E-state index contributed by atoms with van der Waals surface area (Å²) in [6, 6.07) is 25.0. The van der Waals surface area contributed by atoms with Gasteiger partial charge in [0.1, 0.15) is 11.1 Å². The molecular formula is C26H26N2O3S. The summed E-state index contributed by atoms with van der Waals surface area (Å²) < 4.78 is 5.43. The second kappa shape index (κ2) is 10.4. The van der Waals surface area contributed by atoms with Crippen LogP contribution < -0.4 is 10.1 Å². The van der Waals surface area contributed by atoms with Crippen LogP contribution in [0.2, 0.25) is 0 Å². The van der Waals surface area contributed by atoms with Gasteiger partial charge in [0.15, 0.2) is 0 Å². The van der Waals surface area contributed by atoms with Crippen molar-refractivity contribution in [2.75, 3.05) is 24.2 Å². The lowest BCUT2D eigenvalue weighted by molar-refractivity contribution is -0.128. The molecule has 1 fully saturated rings. The van der Waals surface area contributed by atoms with Crippen molar-refractivity contribution in [3.05, 3.63) is 95.6 Å². The third-order valence-corrected chi connectivity index (χ3v) is 6.59. The zero-order valence-electron chi connectivity index (χ0n) is 18.0. The molecule has 0 aromatic heterocycles. The molecule has 6 heteroatoms. The molecule has 0 aliphatic carbocycles. The largest absolute Gasteiger partial charge is 0.494 e. The molecule has 4 rings (SSSR count). The summed E-state index contributed by atoms with van der Waals surface area (Å²) in [5, 5.41) is 2.89. The van der Waals surface area contributed by atoms with Crippen LogP contribution in [-0.4, -0.2) is 35.6 Å². The average Bonchev–Trinajstić information content (AvgIpc) is 3.20. The van der Waals surface area contributed by atoms with Crippen molar-refractivity contribution in [3.8, 4) is 5.75 Å². The van der Waals surface area contributed by atoms with E-state index < -0.39 is 0 Å². The van der Waals surface area contributed by atoms with E-state index in [0.29, 0.717) is 30.2 Å². The number of carbonyl (C=O) groups excluding carboxylic acids is 2. The van der Waals surface area contributed by atoms with E-state index in [2.05, 4.69) is 17.4 Å². The van der Waals surface area contributed by atoms with Crippen LogP contribution in [0.3, 0.4) is 0 Å². The van der Waals surface area contributed by atoms with Gasteiger partial charge in [-0.2, -0.15) is 0 Å². The Balaban J connectivity index is 1.39. The smallest absolute Gasteiger partial charge is 0.255 e. The molecule has 1 saturated heterocycles. The van der Waals surface area contributed by atoms with Gasteiger partial charge in [0, 0.05) is 17.8 Å². The molecule has 3 aromatic carbocycles. The van der Waals surface area contributed by atoms with Gasteiger partial charge < -0.3 is 15.0 Å². The summed E-state index contributed by atoms with van der Waals surface area (Å²) in [5.74, 6) is 1.25. The number of thioether (sulfide) groups is 1. The summed E-state index contributed by atoms with van der Waals surface area (Å²) in [6.07, 6.45) is 0.826. The van der Waals surface area contributed by atoms with Crippen LogP contribution in [-0.2, 0) is 11.2 Å². The lowest BCUT2D eigenvalue weighted by Gasteiger charge is -2.24. The lowest BCUT2D eigenvalue weighted by atomic mass is 10.1. The Morgan fingerprint density at radius 2 is 1.75 bits per heavy atom. The Morgan fingerprint density at radius 1 is 1.03 bits per heavy atom. The Hall–Kier alpha value is -3.25. The molecule has 0 radical (unpaired) electrons. The van der Waals surface area contributed by atoms with E-state index in [0.717, 1.165) is 17.7 Å². The molecule has 1 atom stereocenters. The molecular weight excluding hydrogens is 420 g/mol.